The smallest absolute Gasteiger partial charge is 0.303 e. The van der Waals surface area contributed by atoms with Crippen molar-refractivity contribution in [1.29, 1.82) is 0 Å². The Morgan fingerprint density at radius 2 is 1.23 bits per heavy atom. The molecule has 1 unspecified atom stereocenters. The van der Waals surface area contributed by atoms with Gasteiger partial charge in [0, 0.05) is 0 Å². The summed E-state index contributed by atoms with van der Waals surface area (Å²) >= 11 is 0. The summed E-state index contributed by atoms with van der Waals surface area (Å²) in [6.07, 6.45) is 10.6. The van der Waals surface area contributed by atoms with E-state index in [1.807, 2.05) is 6.92 Å². The standard InChI is InChI=1S/2C8H19O4P/c1-3-5-6-8(4-2)7-12-13(9,10)11;1-2-3-4-5-6-7-8-12-13(9,10)11/h8H,3-7H2,1-2H3,(H2,9,10,11);2-8H2,1H3,(H2,9,10,11). The maximum atomic E-state index is 10.4. The Morgan fingerprint density at radius 3 is 1.69 bits per heavy atom. The summed E-state index contributed by atoms with van der Waals surface area (Å²) in [5, 5.41) is 0. The first-order valence-electron chi connectivity index (χ1n) is 9.45. The molecular formula is C16H38O8P2. The lowest BCUT2D eigenvalue weighted by Crippen LogP contribution is -2.07. The van der Waals surface area contributed by atoms with Crippen molar-refractivity contribution in [3.63, 3.8) is 0 Å². The molecule has 0 spiro atoms. The predicted octanol–water partition coefficient (Wildman–Crippen LogP) is 4.77. The maximum Gasteiger partial charge on any atom is 0.469 e. The molecule has 0 aliphatic rings. The lowest BCUT2D eigenvalue weighted by molar-refractivity contribution is 0.161. The summed E-state index contributed by atoms with van der Waals surface area (Å²) < 4.78 is 29.4. The Balaban J connectivity index is 0. The maximum absolute atomic E-state index is 10.4. The highest BCUT2D eigenvalue weighted by molar-refractivity contribution is 7.46. The van der Waals surface area contributed by atoms with Crippen LogP contribution in [0.2, 0.25) is 0 Å². The topological polar surface area (TPSA) is 134 Å². The minimum Gasteiger partial charge on any atom is -0.303 e. The summed E-state index contributed by atoms with van der Waals surface area (Å²) in [7, 11) is -8.49. The molecule has 10 heteroatoms. The Hall–Kier alpha value is 0.220. The molecule has 8 nitrogen and oxygen atoms in total. The molecule has 0 saturated heterocycles. The zero-order valence-corrected chi connectivity index (χ0v) is 18.2. The van der Waals surface area contributed by atoms with Crippen molar-refractivity contribution in [3.05, 3.63) is 0 Å². The van der Waals surface area contributed by atoms with Crippen LogP contribution in [-0.2, 0) is 18.2 Å². The number of hydrogen-bond donors (Lipinski definition) is 4. The van der Waals surface area contributed by atoms with Gasteiger partial charge in [0.15, 0.2) is 0 Å². The molecule has 0 bridgehead atoms. The minimum absolute atomic E-state index is 0.163. The van der Waals surface area contributed by atoms with Crippen LogP contribution >= 0.6 is 15.6 Å². The van der Waals surface area contributed by atoms with Crippen molar-refractivity contribution < 1.29 is 37.8 Å². The van der Waals surface area contributed by atoms with Crippen molar-refractivity contribution in [3.8, 4) is 0 Å². The summed E-state index contributed by atoms with van der Waals surface area (Å²) in [6, 6.07) is 0. The first-order chi connectivity index (χ1) is 12.1. The molecule has 0 rings (SSSR count). The van der Waals surface area contributed by atoms with Gasteiger partial charge in [-0.1, -0.05) is 72.1 Å². The van der Waals surface area contributed by atoms with Crippen LogP contribution in [0.15, 0.2) is 0 Å². The highest BCUT2D eigenvalue weighted by atomic mass is 31.2. The number of phosphoric ester groups is 2. The van der Waals surface area contributed by atoms with E-state index in [2.05, 4.69) is 22.9 Å². The quantitative estimate of drug-likeness (QED) is 0.220. The van der Waals surface area contributed by atoms with Crippen LogP contribution in [0.25, 0.3) is 0 Å². The van der Waals surface area contributed by atoms with E-state index in [0.29, 0.717) is 0 Å². The number of phosphoric acid groups is 2. The fourth-order valence-corrected chi connectivity index (χ4v) is 2.94. The SMILES string of the molecule is CCCCC(CC)COP(=O)(O)O.CCCCCCCCOP(=O)(O)O. The van der Waals surface area contributed by atoms with E-state index in [-0.39, 0.29) is 19.1 Å². The van der Waals surface area contributed by atoms with Gasteiger partial charge in [-0.05, 0) is 18.8 Å². The predicted molar refractivity (Wildman–Crippen MR) is 103 cm³/mol. The van der Waals surface area contributed by atoms with E-state index in [0.717, 1.165) is 44.9 Å². The van der Waals surface area contributed by atoms with Gasteiger partial charge in [-0.2, -0.15) is 0 Å². The Labute approximate surface area is 158 Å². The van der Waals surface area contributed by atoms with Crippen LogP contribution in [0.3, 0.4) is 0 Å². The summed E-state index contributed by atoms with van der Waals surface area (Å²) in [4.78, 5) is 33.6. The number of hydrogen-bond acceptors (Lipinski definition) is 4. The molecule has 0 aliphatic heterocycles. The second kappa shape index (κ2) is 17.3. The van der Waals surface area contributed by atoms with E-state index in [1.165, 1.54) is 19.3 Å². The molecule has 160 valence electrons. The normalized spacial score (nSPS) is 13.2. The van der Waals surface area contributed by atoms with Gasteiger partial charge >= 0.3 is 15.6 Å². The van der Waals surface area contributed by atoms with Crippen molar-refractivity contribution in [2.75, 3.05) is 13.2 Å². The number of rotatable bonds is 15. The van der Waals surface area contributed by atoms with Gasteiger partial charge in [-0.3, -0.25) is 9.05 Å². The second-order valence-electron chi connectivity index (χ2n) is 6.29. The molecule has 0 heterocycles. The molecule has 0 fully saturated rings. The molecular weight excluding hydrogens is 382 g/mol. The van der Waals surface area contributed by atoms with Gasteiger partial charge < -0.3 is 19.6 Å². The van der Waals surface area contributed by atoms with Crippen LogP contribution in [0, 0.1) is 5.92 Å². The summed E-state index contributed by atoms with van der Waals surface area (Å²) in [5.74, 6) is 0.271. The Kier molecular flexibility index (Phi) is 18.9. The van der Waals surface area contributed by atoms with Gasteiger partial charge in [0.1, 0.15) is 0 Å². The molecule has 0 amide bonds. The average molecular weight is 420 g/mol. The highest BCUT2D eigenvalue weighted by Gasteiger charge is 2.16. The molecule has 1 atom stereocenters. The fourth-order valence-electron chi connectivity index (χ4n) is 2.17. The Morgan fingerprint density at radius 1 is 0.731 bits per heavy atom. The van der Waals surface area contributed by atoms with Gasteiger partial charge in [-0.25, -0.2) is 9.13 Å². The lowest BCUT2D eigenvalue weighted by atomic mass is 10.0. The van der Waals surface area contributed by atoms with Gasteiger partial charge in [-0.15, -0.1) is 0 Å². The zero-order valence-electron chi connectivity index (χ0n) is 16.4. The van der Waals surface area contributed by atoms with Crippen LogP contribution in [-0.4, -0.2) is 32.8 Å². The van der Waals surface area contributed by atoms with Crippen molar-refractivity contribution in [1.82, 2.24) is 0 Å². The minimum atomic E-state index is -4.26. The van der Waals surface area contributed by atoms with Gasteiger partial charge in [0.05, 0.1) is 13.2 Å². The molecule has 26 heavy (non-hydrogen) atoms. The first-order valence-corrected chi connectivity index (χ1v) is 12.5. The first kappa shape index (κ1) is 28.4. The molecule has 0 aromatic heterocycles. The highest BCUT2D eigenvalue weighted by Crippen LogP contribution is 2.37. The molecule has 0 radical (unpaired) electrons. The third-order valence-electron chi connectivity index (χ3n) is 3.78. The van der Waals surface area contributed by atoms with Crippen LogP contribution < -0.4 is 0 Å². The molecule has 4 N–H and O–H groups in total. The van der Waals surface area contributed by atoms with E-state index < -0.39 is 15.6 Å². The zero-order chi connectivity index (χ0) is 20.5. The molecule has 0 aromatic carbocycles. The summed E-state index contributed by atoms with van der Waals surface area (Å²) in [5.41, 5.74) is 0. The number of unbranched alkanes of at least 4 members (excludes halogenated alkanes) is 6. The van der Waals surface area contributed by atoms with E-state index in [4.69, 9.17) is 19.6 Å². The van der Waals surface area contributed by atoms with Crippen molar-refractivity contribution in [2.24, 2.45) is 5.92 Å². The lowest BCUT2D eigenvalue weighted by Gasteiger charge is -2.14. The van der Waals surface area contributed by atoms with Gasteiger partial charge in [0.2, 0.25) is 0 Å². The van der Waals surface area contributed by atoms with E-state index in [9.17, 15) is 9.13 Å². The van der Waals surface area contributed by atoms with E-state index in [1.54, 1.807) is 0 Å². The Bertz CT molecular complexity index is 394. The molecule has 0 aromatic rings. The van der Waals surface area contributed by atoms with Gasteiger partial charge in [0.25, 0.3) is 0 Å². The third kappa shape index (κ3) is 26.4. The van der Waals surface area contributed by atoms with Crippen LogP contribution in [0.4, 0.5) is 0 Å². The van der Waals surface area contributed by atoms with E-state index >= 15 is 0 Å². The molecule has 0 saturated carbocycles. The third-order valence-corrected chi connectivity index (χ3v) is 4.78. The van der Waals surface area contributed by atoms with Crippen molar-refractivity contribution >= 4 is 15.6 Å². The van der Waals surface area contributed by atoms with Crippen LogP contribution in [0.5, 0.6) is 0 Å². The summed E-state index contributed by atoms with van der Waals surface area (Å²) in [6.45, 7) is 6.58. The second-order valence-corrected chi connectivity index (χ2v) is 8.77. The van der Waals surface area contributed by atoms with Crippen LogP contribution in [0.1, 0.15) is 85.0 Å². The average Bonchev–Trinajstić information content (AvgIpc) is 2.53. The van der Waals surface area contributed by atoms with Crippen molar-refractivity contribution in [2.45, 2.75) is 85.0 Å². The fraction of sp³-hybridized carbons (Fsp3) is 1.00. The monoisotopic (exact) mass is 420 g/mol. The molecule has 0 aliphatic carbocycles. The largest absolute Gasteiger partial charge is 0.469 e.